The zero-order chi connectivity index (χ0) is 21.3. The fraction of sp³-hybridized carbons (Fsp3) is 0.474. The Kier molecular flexibility index (Phi) is 5.35. The van der Waals surface area contributed by atoms with E-state index in [1.165, 1.54) is 16.8 Å². The Bertz CT molecular complexity index is 955. The molecule has 1 N–H and O–H groups in total. The summed E-state index contributed by atoms with van der Waals surface area (Å²) in [5.41, 5.74) is 0.0694. The molecule has 0 atom stereocenters. The highest BCUT2D eigenvalue weighted by atomic mass is 19.4. The van der Waals surface area contributed by atoms with Crippen LogP contribution in [0.3, 0.4) is 0 Å². The lowest BCUT2D eigenvalue weighted by Gasteiger charge is -2.12. The average Bonchev–Trinajstić information content (AvgIpc) is 3.32. The first-order chi connectivity index (χ1) is 14.3. The number of halogens is 3. The third-order valence-electron chi connectivity index (χ3n) is 5.04. The number of aromatic nitrogens is 3. The number of hydrogen-bond donors (Lipinski definition) is 1. The largest absolute Gasteiger partial charge is 0.448 e. The zero-order valence-electron chi connectivity index (χ0n) is 16.0. The summed E-state index contributed by atoms with van der Waals surface area (Å²) >= 11 is 0. The molecule has 0 spiro atoms. The predicted molar refractivity (Wildman–Crippen MR) is 98.2 cm³/mol. The van der Waals surface area contributed by atoms with Crippen LogP contribution in [0, 0.1) is 0 Å². The van der Waals surface area contributed by atoms with Crippen LogP contribution < -0.4 is 5.32 Å². The van der Waals surface area contributed by atoms with Gasteiger partial charge < -0.3 is 15.0 Å². The SMILES string of the molecule is O=C(NCCCN1CCOC1=O)c1nnn(-c2cccc(C(F)(F)F)c2)c1C1CC1. The van der Waals surface area contributed by atoms with Gasteiger partial charge in [0.1, 0.15) is 6.61 Å². The van der Waals surface area contributed by atoms with E-state index in [9.17, 15) is 22.8 Å². The number of amides is 2. The number of alkyl halides is 3. The number of nitrogens with one attached hydrogen (secondary N) is 1. The molecular formula is C19H20F3N5O3. The van der Waals surface area contributed by atoms with Crippen LogP contribution in [0.5, 0.6) is 0 Å². The van der Waals surface area contributed by atoms with E-state index in [0.29, 0.717) is 38.4 Å². The summed E-state index contributed by atoms with van der Waals surface area (Å²) in [6, 6.07) is 4.80. The number of ether oxygens (including phenoxy) is 1. The van der Waals surface area contributed by atoms with Crippen LogP contribution in [-0.4, -0.2) is 58.1 Å². The highest BCUT2D eigenvalue weighted by Gasteiger charge is 2.35. The lowest BCUT2D eigenvalue weighted by molar-refractivity contribution is -0.137. The third kappa shape index (κ3) is 4.24. The smallest absolute Gasteiger partial charge is 0.416 e. The van der Waals surface area contributed by atoms with Gasteiger partial charge in [-0.1, -0.05) is 11.3 Å². The van der Waals surface area contributed by atoms with Crippen molar-refractivity contribution in [2.45, 2.75) is 31.4 Å². The molecule has 2 aromatic rings. The molecule has 1 aromatic carbocycles. The Hall–Kier alpha value is -3.11. The normalized spacial score (nSPS) is 16.6. The first-order valence-corrected chi connectivity index (χ1v) is 9.67. The Labute approximate surface area is 170 Å². The van der Waals surface area contributed by atoms with Crippen LogP contribution >= 0.6 is 0 Å². The van der Waals surface area contributed by atoms with Crippen molar-refractivity contribution in [3.8, 4) is 5.69 Å². The van der Waals surface area contributed by atoms with Crippen LogP contribution in [0.4, 0.5) is 18.0 Å². The van der Waals surface area contributed by atoms with E-state index in [2.05, 4.69) is 15.6 Å². The van der Waals surface area contributed by atoms with E-state index in [0.717, 1.165) is 25.0 Å². The lowest BCUT2D eigenvalue weighted by Crippen LogP contribution is -2.31. The zero-order valence-corrected chi connectivity index (χ0v) is 16.0. The van der Waals surface area contributed by atoms with Gasteiger partial charge in [-0.3, -0.25) is 4.79 Å². The van der Waals surface area contributed by atoms with E-state index in [4.69, 9.17) is 4.74 Å². The molecular weight excluding hydrogens is 403 g/mol. The average molecular weight is 423 g/mol. The molecule has 11 heteroatoms. The van der Waals surface area contributed by atoms with Crippen molar-refractivity contribution in [2.24, 2.45) is 0 Å². The highest BCUT2D eigenvalue weighted by molar-refractivity contribution is 5.93. The number of hydrogen-bond acceptors (Lipinski definition) is 5. The van der Waals surface area contributed by atoms with E-state index < -0.39 is 17.6 Å². The summed E-state index contributed by atoms with van der Waals surface area (Å²) in [4.78, 5) is 25.6. The molecule has 2 fully saturated rings. The summed E-state index contributed by atoms with van der Waals surface area (Å²) < 4.78 is 45.3. The van der Waals surface area contributed by atoms with Gasteiger partial charge in [0.05, 0.1) is 23.5 Å². The van der Waals surface area contributed by atoms with Gasteiger partial charge in [-0.15, -0.1) is 5.10 Å². The molecule has 0 bridgehead atoms. The summed E-state index contributed by atoms with van der Waals surface area (Å²) in [7, 11) is 0. The molecule has 1 aliphatic carbocycles. The maximum Gasteiger partial charge on any atom is 0.416 e. The summed E-state index contributed by atoms with van der Waals surface area (Å²) in [5.74, 6) is -0.395. The molecule has 1 saturated heterocycles. The Balaban J connectivity index is 1.46. The summed E-state index contributed by atoms with van der Waals surface area (Å²) in [6.45, 7) is 1.69. The fourth-order valence-corrected chi connectivity index (χ4v) is 3.36. The number of cyclic esters (lactones) is 1. The quantitative estimate of drug-likeness (QED) is 0.692. The molecule has 1 aliphatic heterocycles. The minimum absolute atomic E-state index is 0.0367. The van der Waals surface area contributed by atoms with E-state index in [-0.39, 0.29) is 23.4 Å². The van der Waals surface area contributed by atoms with Crippen molar-refractivity contribution < 1.29 is 27.5 Å². The van der Waals surface area contributed by atoms with E-state index >= 15 is 0 Å². The van der Waals surface area contributed by atoms with Crippen LogP contribution in [-0.2, 0) is 10.9 Å². The maximum absolute atomic E-state index is 13.1. The number of carbonyl (C=O) groups excluding carboxylic acids is 2. The molecule has 2 aliphatic rings. The standard InChI is InChI=1S/C19H20F3N5O3/c20-19(21,22)13-3-1-4-14(11-13)27-16(12-5-6-12)15(24-25-27)17(28)23-7-2-8-26-9-10-30-18(26)29/h1,3-4,11-12H,2,5-10H2,(H,23,28). The second-order valence-electron chi connectivity index (χ2n) is 7.27. The van der Waals surface area contributed by atoms with Gasteiger partial charge in [0, 0.05) is 19.0 Å². The molecule has 1 aromatic heterocycles. The fourth-order valence-electron chi connectivity index (χ4n) is 3.36. The molecule has 2 amide bonds. The monoisotopic (exact) mass is 423 g/mol. The van der Waals surface area contributed by atoms with Crippen LogP contribution in [0.15, 0.2) is 24.3 Å². The van der Waals surface area contributed by atoms with E-state index in [1.807, 2.05) is 0 Å². The molecule has 2 heterocycles. The van der Waals surface area contributed by atoms with Gasteiger partial charge in [0.25, 0.3) is 5.91 Å². The van der Waals surface area contributed by atoms with Crippen molar-refractivity contribution in [3.63, 3.8) is 0 Å². The van der Waals surface area contributed by atoms with Crippen molar-refractivity contribution in [1.82, 2.24) is 25.2 Å². The summed E-state index contributed by atoms with van der Waals surface area (Å²) in [5, 5.41) is 10.7. The third-order valence-corrected chi connectivity index (χ3v) is 5.04. The lowest BCUT2D eigenvalue weighted by atomic mass is 10.1. The Morgan fingerprint density at radius 1 is 1.30 bits per heavy atom. The van der Waals surface area contributed by atoms with Gasteiger partial charge in [0.15, 0.2) is 5.69 Å². The molecule has 1 saturated carbocycles. The number of nitrogens with zero attached hydrogens (tertiary/aromatic N) is 4. The Morgan fingerprint density at radius 3 is 2.77 bits per heavy atom. The van der Waals surface area contributed by atoms with Crippen molar-refractivity contribution in [2.75, 3.05) is 26.2 Å². The predicted octanol–water partition coefficient (Wildman–Crippen LogP) is 2.74. The Morgan fingerprint density at radius 2 is 2.10 bits per heavy atom. The van der Waals surface area contributed by atoms with Crippen LogP contribution in [0.2, 0.25) is 0 Å². The molecule has 0 radical (unpaired) electrons. The maximum atomic E-state index is 13.1. The molecule has 4 rings (SSSR count). The van der Waals surface area contributed by atoms with Crippen molar-refractivity contribution >= 4 is 12.0 Å². The summed E-state index contributed by atoms with van der Waals surface area (Å²) in [6.07, 6.45) is -2.64. The van der Waals surface area contributed by atoms with Crippen LogP contribution in [0.25, 0.3) is 5.69 Å². The molecule has 0 unspecified atom stereocenters. The second kappa shape index (κ2) is 7.96. The van der Waals surface area contributed by atoms with Crippen molar-refractivity contribution in [1.29, 1.82) is 0 Å². The minimum Gasteiger partial charge on any atom is -0.448 e. The topological polar surface area (TPSA) is 89.3 Å². The number of benzene rings is 1. The molecule has 30 heavy (non-hydrogen) atoms. The number of rotatable bonds is 7. The van der Waals surface area contributed by atoms with Gasteiger partial charge in [-0.25, -0.2) is 9.48 Å². The second-order valence-corrected chi connectivity index (χ2v) is 7.27. The minimum atomic E-state index is -4.47. The van der Waals surface area contributed by atoms with Crippen LogP contribution in [0.1, 0.15) is 46.9 Å². The van der Waals surface area contributed by atoms with Gasteiger partial charge >= 0.3 is 12.3 Å². The molecule has 160 valence electrons. The number of carbonyl (C=O) groups is 2. The first-order valence-electron chi connectivity index (χ1n) is 9.67. The van der Waals surface area contributed by atoms with Gasteiger partial charge in [-0.2, -0.15) is 13.2 Å². The first kappa shape index (κ1) is 20.2. The van der Waals surface area contributed by atoms with E-state index in [1.54, 1.807) is 4.90 Å². The van der Waals surface area contributed by atoms with Crippen molar-refractivity contribution in [3.05, 3.63) is 41.2 Å². The van der Waals surface area contributed by atoms with Gasteiger partial charge in [0.2, 0.25) is 0 Å². The van der Waals surface area contributed by atoms with Gasteiger partial charge in [-0.05, 0) is 37.5 Å². The highest BCUT2D eigenvalue weighted by Crippen LogP contribution is 2.42. The molecule has 8 nitrogen and oxygen atoms in total.